The van der Waals surface area contributed by atoms with Crippen molar-refractivity contribution in [1.29, 1.82) is 5.41 Å². The lowest BCUT2D eigenvalue weighted by Crippen LogP contribution is -2.50. The summed E-state index contributed by atoms with van der Waals surface area (Å²) in [6.07, 6.45) is 0.847. The first-order chi connectivity index (χ1) is 11.9. The number of benzene rings is 1. The number of piperazine rings is 1. The maximum Gasteiger partial charge on any atom is 0.273 e. The van der Waals surface area contributed by atoms with Gasteiger partial charge in [-0.2, -0.15) is 0 Å². The molecule has 2 N–H and O–H groups in total. The van der Waals surface area contributed by atoms with Crippen LogP contribution in [0.2, 0.25) is 0 Å². The molecule has 25 heavy (non-hydrogen) atoms. The molecule has 5 nitrogen and oxygen atoms in total. The summed E-state index contributed by atoms with van der Waals surface area (Å²) in [6, 6.07) is 6.55. The molecule has 0 atom stereocenters. The van der Waals surface area contributed by atoms with Crippen LogP contribution in [0.15, 0.2) is 35.0 Å². The van der Waals surface area contributed by atoms with E-state index in [1.807, 2.05) is 0 Å². The van der Waals surface area contributed by atoms with Crippen LogP contribution < -0.4 is 5.32 Å². The molecular formula is C18H24ClFN4O. The normalized spacial score (nSPS) is 16.4. The average molecular weight is 367 g/mol. The number of nitrogens with one attached hydrogen (secondary N) is 2. The Labute approximate surface area is 153 Å². The van der Waals surface area contributed by atoms with Crippen molar-refractivity contribution in [2.45, 2.75) is 13.3 Å². The smallest absolute Gasteiger partial charge is 0.273 e. The topological polar surface area (TPSA) is 59.4 Å². The van der Waals surface area contributed by atoms with Gasteiger partial charge in [0.1, 0.15) is 11.5 Å². The second kappa shape index (κ2) is 8.97. The lowest BCUT2D eigenvalue weighted by atomic mass is 10.1. The molecular weight excluding hydrogens is 343 g/mol. The summed E-state index contributed by atoms with van der Waals surface area (Å²) >= 11 is 6.06. The molecule has 0 radical (unpaired) electrons. The van der Waals surface area contributed by atoms with Crippen molar-refractivity contribution < 1.29 is 9.18 Å². The molecule has 0 saturated carbocycles. The van der Waals surface area contributed by atoms with Gasteiger partial charge in [-0.15, -0.1) is 0 Å². The van der Waals surface area contributed by atoms with Crippen molar-refractivity contribution >= 4 is 23.2 Å². The maximum absolute atomic E-state index is 12.9. The van der Waals surface area contributed by atoms with Crippen molar-refractivity contribution in [2.75, 3.05) is 39.8 Å². The quantitative estimate of drug-likeness (QED) is 0.759. The Kier molecular flexibility index (Phi) is 6.96. The van der Waals surface area contributed by atoms with E-state index in [4.69, 9.17) is 17.0 Å². The Morgan fingerprint density at radius 2 is 1.84 bits per heavy atom. The number of halogens is 2. The van der Waals surface area contributed by atoms with Crippen LogP contribution in [0.25, 0.3) is 0 Å². The molecule has 136 valence electrons. The van der Waals surface area contributed by atoms with Gasteiger partial charge in [0.2, 0.25) is 0 Å². The van der Waals surface area contributed by atoms with Gasteiger partial charge in [-0.1, -0.05) is 23.7 Å². The van der Waals surface area contributed by atoms with E-state index in [9.17, 15) is 9.18 Å². The zero-order valence-corrected chi connectivity index (χ0v) is 15.4. The third kappa shape index (κ3) is 5.28. The molecule has 0 unspecified atom stereocenters. The Balaban J connectivity index is 1.81. The summed E-state index contributed by atoms with van der Waals surface area (Å²) < 4.78 is 12.9. The number of allylic oxidation sites excluding steroid dienone is 1. The van der Waals surface area contributed by atoms with Crippen LogP contribution in [0.1, 0.15) is 12.5 Å². The minimum atomic E-state index is -0.335. The first-order valence-corrected chi connectivity index (χ1v) is 8.69. The van der Waals surface area contributed by atoms with Crippen LogP contribution in [-0.4, -0.2) is 61.2 Å². The molecule has 1 aromatic carbocycles. The molecule has 0 bridgehead atoms. The third-order valence-corrected chi connectivity index (χ3v) is 4.90. The van der Waals surface area contributed by atoms with E-state index in [1.54, 1.807) is 31.0 Å². The van der Waals surface area contributed by atoms with Crippen molar-refractivity contribution in [2.24, 2.45) is 0 Å². The van der Waals surface area contributed by atoms with Gasteiger partial charge in [0.15, 0.2) is 0 Å². The lowest BCUT2D eigenvalue weighted by Gasteiger charge is -2.34. The number of hydrogen-bond acceptors (Lipinski definition) is 4. The van der Waals surface area contributed by atoms with Gasteiger partial charge < -0.3 is 10.2 Å². The van der Waals surface area contributed by atoms with Crippen molar-refractivity contribution in [3.05, 3.63) is 46.4 Å². The molecule has 1 fully saturated rings. The average Bonchev–Trinajstić information content (AvgIpc) is 2.65. The van der Waals surface area contributed by atoms with Gasteiger partial charge in [-0.05, 0) is 31.0 Å². The monoisotopic (exact) mass is 366 g/mol. The van der Waals surface area contributed by atoms with Gasteiger partial charge in [0.05, 0.1) is 5.03 Å². The number of carbonyl (C=O) groups is 1. The summed E-state index contributed by atoms with van der Waals surface area (Å²) in [5, 5.41) is 11.0. The van der Waals surface area contributed by atoms with Crippen molar-refractivity contribution in [3.63, 3.8) is 0 Å². The summed E-state index contributed by atoms with van der Waals surface area (Å²) in [5.74, 6) is -0.558. The molecule has 0 aromatic heterocycles. The Bertz CT molecular complexity index is 652. The van der Waals surface area contributed by atoms with E-state index in [-0.39, 0.29) is 22.5 Å². The largest absolute Gasteiger partial charge is 0.390 e. The van der Waals surface area contributed by atoms with E-state index < -0.39 is 0 Å². The molecule has 1 aliphatic heterocycles. The number of amides is 1. The summed E-state index contributed by atoms with van der Waals surface area (Å²) in [4.78, 5) is 16.3. The van der Waals surface area contributed by atoms with Gasteiger partial charge in [-0.25, -0.2) is 4.39 Å². The van der Waals surface area contributed by atoms with Crippen molar-refractivity contribution in [3.8, 4) is 0 Å². The maximum atomic E-state index is 12.9. The van der Waals surface area contributed by atoms with E-state index in [2.05, 4.69) is 10.2 Å². The summed E-state index contributed by atoms with van der Waals surface area (Å²) in [5.41, 5.74) is 1.53. The van der Waals surface area contributed by atoms with Crippen LogP contribution in [0, 0.1) is 11.2 Å². The molecule has 1 aromatic rings. The Hall–Kier alpha value is -1.92. The van der Waals surface area contributed by atoms with Crippen LogP contribution in [0.4, 0.5) is 4.39 Å². The zero-order chi connectivity index (χ0) is 18.4. The predicted octanol–water partition coefficient (Wildman–Crippen LogP) is 2.22. The van der Waals surface area contributed by atoms with Crippen LogP contribution >= 0.6 is 11.6 Å². The number of rotatable bonds is 6. The lowest BCUT2D eigenvalue weighted by molar-refractivity contribution is -0.125. The molecule has 2 rings (SSSR count). The van der Waals surface area contributed by atoms with E-state index in [0.717, 1.165) is 31.6 Å². The van der Waals surface area contributed by atoms with Gasteiger partial charge in [0.25, 0.3) is 5.91 Å². The Morgan fingerprint density at radius 3 is 2.40 bits per heavy atom. The highest BCUT2D eigenvalue weighted by Gasteiger charge is 2.25. The Morgan fingerprint density at radius 1 is 1.24 bits per heavy atom. The van der Waals surface area contributed by atoms with E-state index in [1.165, 1.54) is 12.1 Å². The van der Waals surface area contributed by atoms with Crippen LogP contribution in [0.3, 0.4) is 0 Å². The molecule has 1 saturated heterocycles. The first-order valence-electron chi connectivity index (χ1n) is 8.31. The van der Waals surface area contributed by atoms with Crippen LogP contribution in [0.5, 0.6) is 0 Å². The molecule has 7 heteroatoms. The van der Waals surface area contributed by atoms with Gasteiger partial charge in [-0.3, -0.25) is 15.1 Å². The van der Waals surface area contributed by atoms with Gasteiger partial charge in [0, 0.05) is 45.5 Å². The molecule has 1 amide bonds. The van der Waals surface area contributed by atoms with E-state index >= 15 is 0 Å². The number of carbonyl (C=O) groups excluding carboxylic acids is 1. The number of hydrogen-bond donors (Lipinski definition) is 2. The minimum Gasteiger partial charge on any atom is -0.390 e. The molecule has 1 heterocycles. The second-order valence-corrected chi connectivity index (χ2v) is 6.45. The standard InChI is InChI=1S/C18H24ClFN4O/c1-13(22-2)16(19)17(21)18(25)24-11-9-23(10-12-24)8-7-14-3-5-15(20)6-4-14/h3-6,21-22H,7-12H2,1-2H3/b16-13+,21-17?. The van der Waals surface area contributed by atoms with Crippen LogP contribution in [-0.2, 0) is 11.2 Å². The fraction of sp³-hybridized carbons (Fsp3) is 0.444. The van der Waals surface area contributed by atoms with Gasteiger partial charge >= 0.3 is 0 Å². The summed E-state index contributed by atoms with van der Waals surface area (Å²) in [7, 11) is 1.70. The number of nitrogens with zero attached hydrogens (tertiary/aromatic N) is 2. The highest BCUT2D eigenvalue weighted by molar-refractivity contribution is 6.58. The predicted molar refractivity (Wildman–Crippen MR) is 98.5 cm³/mol. The zero-order valence-electron chi connectivity index (χ0n) is 14.6. The fourth-order valence-electron chi connectivity index (χ4n) is 2.66. The third-order valence-electron chi connectivity index (χ3n) is 4.43. The molecule has 1 aliphatic rings. The SMILES string of the molecule is CN/C(C)=C(/Cl)C(=N)C(=O)N1CCN(CCc2ccc(F)cc2)CC1. The molecule has 0 aliphatic carbocycles. The van der Waals surface area contributed by atoms with Crippen molar-refractivity contribution in [1.82, 2.24) is 15.1 Å². The minimum absolute atomic E-state index is 0.159. The fourth-order valence-corrected chi connectivity index (χ4v) is 2.84. The molecule has 0 spiro atoms. The highest BCUT2D eigenvalue weighted by atomic mass is 35.5. The second-order valence-electron chi connectivity index (χ2n) is 6.07. The first kappa shape index (κ1) is 19.4. The van der Waals surface area contributed by atoms with E-state index in [0.29, 0.717) is 18.8 Å². The summed E-state index contributed by atoms with van der Waals surface area (Å²) in [6.45, 7) is 5.27. The highest BCUT2D eigenvalue weighted by Crippen LogP contribution is 2.12.